The van der Waals surface area contributed by atoms with Crippen molar-refractivity contribution in [3.8, 4) is 0 Å². The highest BCUT2D eigenvalue weighted by atomic mass is 16.1. The number of ketones is 1. The molecule has 1 aliphatic carbocycles. The zero-order valence-electron chi connectivity index (χ0n) is 12.2. The fourth-order valence-electron chi connectivity index (χ4n) is 3.07. The zero-order chi connectivity index (χ0) is 14.1. The minimum absolute atomic E-state index is 0.226. The molecule has 0 bridgehead atoms. The standard InChI is InChI=1S/C19H20O/c1-13-5-3-8-18(14(13)2)19(20)12-15-9-10-16-6-4-7-17(16)11-15/h3,5,8-11H,4,6-7,12H2,1-2H3. The molecule has 0 saturated heterocycles. The molecule has 0 unspecified atom stereocenters. The summed E-state index contributed by atoms with van der Waals surface area (Å²) in [6.45, 7) is 4.09. The Bertz CT molecular complexity index is 667. The van der Waals surface area contributed by atoms with Crippen molar-refractivity contribution in [1.82, 2.24) is 0 Å². The summed E-state index contributed by atoms with van der Waals surface area (Å²) < 4.78 is 0. The lowest BCUT2D eigenvalue weighted by molar-refractivity contribution is 0.0992. The first-order valence-electron chi connectivity index (χ1n) is 7.35. The maximum Gasteiger partial charge on any atom is 0.167 e. The van der Waals surface area contributed by atoms with Crippen LogP contribution in [0.2, 0.25) is 0 Å². The lowest BCUT2D eigenvalue weighted by atomic mass is 9.95. The number of benzene rings is 2. The van der Waals surface area contributed by atoms with E-state index in [9.17, 15) is 4.79 Å². The fraction of sp³-hybridized carbons (Fsp3) is 0.316. The summed E-state index contributed by atoms with van der Waals surface area (Å²) >= 11 is 0. The number of hydrogen-bond donors (Lipinski definition) is 0. The van der Waals surface area contributed by atoms with E-state index >= 15 is 0 Å². The zero-order valence-corrected chi connectivity index (χ0v) is 12.2. The first kappa shape index (κ1) is 13.1. The number of Topliss-reactive ketones (excluding diaryl/α,β-unsaturated/α-hetero) is 1. The summed E-state index contributed by atoms with van der Waals surface area (Å²) in [5.41, 5.74) is 7.22. The van der Waals surface area contributed by atoms with Crippen molar-refractivity contribution < 1.29 is 4.79 Å². The maximum atomic E-state index is 12.5. The Morgan fingerprint density at radius 2 is 1.85 bits per heavy atom. The third kappa shape index (κ3) is 2.40. The average Bonchev–Trinajstić information content (AvgIpc) is 2.89. The third-order valence-electron chi connectivity index (χ3n) is 4.43. The Hall–Kier alpha value is -1.89. The van der Waals surface area contributed by atoms with Crippen molar-refractivity contribution in [1.29, 1.82) is 0 Å². The Morgan fingerprint density at radius 1 is 1.05 bits per heavy atom. The van der Waals surface area contributed by atoms with Crippen LogP contribution >= 0.6 is 0 Å². The first-order valence-corrected chi connectivity index (χ1v) is 7.35. The highest BCUT2D eigenvalue weighted by Gasteiger charge is 2.14. The van der Waals surface area contributed by atoms with Gasteiger partial charge < -0.3 is 0 Å². The summed E-state index contributed by atoms with van der Waals surface area (Å²) in [5, 5.41) is 0. The molecule has 0 aliphatic heterocycles. The highest BCUT2D eigenvalue weighted by molar-refractivity contribution is 5.99. The molecule has 0 heterocycles. The van der Waals surface area contributed by atoms with Gasteiger partial charge >= 0.3 is 0 Å². The number of hydrogen-bond acceptors (Lipinski definition) is 1. The van der Waals surface area contributed by atoms with E-state index in [1.54, 1.807) is 0 Å². The molecular weight excluding hydrogens is 244 g/mol. The van der Waals surface area contributed by atoms with Crippen molar-refractivity contribution in [3.63, 3.8) is 0 Å². The second-order valence-electron chi connectivity index (χ2n) is 5.80. The summed E-state index contributed by atoms with van der Waals surface area (Å²) in [6.07, 6.45) is 4.13. The molecule has 0 fully saturated rings. The molecule has 20 heavy (non-hydrogen) atoms. The Labute approximate surface area is 120 Å². The second kappa shape index (κ2) is 5.24. The van der Waals surface area contributed by atoms with Crippen LogP contribution in [0.25, 0.3) is 0 Å². The molecule has 1 heteroatoms. The van der Waals surface area contributed by atoms with E-state index in [-0.39, 0.29) is 5.78 Å². The number of carbonyl (C=O) groups is 1. The van der Waals surface area contributed by atoms with Gasteiger partial charge in [-0.3, -0.25) is 4.79 Å². The Morgan fingerprint density at radius 3 is 2.70 bits per heavy atom. The van der Waals surface area contributed by atoms with Gasteiger partial charge in [0, 0.05) is 12.0 Å². The monoisotopic (exact) mass is 264 g/mol. The van der Waals surface area contributed by atoms with Gasteiger partial charge in [0.05, 0.1) is 0 Å². The van der Waals surface area contributed by atoms with Crippen LogP contribution in [0.3, 0.4) is 0 Å². The maximum absolute atomic E-state index is 12.5. The lowest BCUT2D eigenvalue weighted by Crippen LogP contribution is -2.07. The topological polar surface area (TPSA) is 17.1 Å². The predicted molar refractivity (Wildman–Crippen MR) is 82.4 cm³/mol. The van der Waals surface area contributed by atoms with Crippen molar-refractivity contribution in [2.24, 2.45) is 0 Å². The highest BCUT2D eigenvalue weighted by Crippen LogP contribution is 2.24. The van der Waals surface area contributed by atoms with Gasteiger partial charge in [0.2, 0.25) is 0 Å². The van der Waals surface area contributed by atoms with Crippen LogP contribution < -0.4 is 0 Å². The lowest BCUT2D eigenvalue weighted by Gasteiger charge is -2.09. The molecule has 0 amide bonds. The van der Waals surface area contributed by atoms with E-state index in [1.807, 2.05) is 19.1 Å². The molecule has 1 nitrogen and oxygen atoms in total. The Balaban J connectivity index is 1.84. The van der Waals surface area contributed by atoms with Crippen LogP contribution in [0.4, 0.5) is 0 Å². The molecule has 2 aromatic rings. The molecule has 0 N–H and O–H groups in total. The average molecular weight is 264 g/mol. The van der Waals surface area contributed by atoms with E-state index in [2.05, 4.69) is 31.2 Å². The minimum atomic E-state index is 0.226. The number of fused-ring (bicyclic) bond motifs is 1. The van der Waals surface area contributed by atoms with Gasteiger partial charge in [-0.05, 0) is 60.9 Å². The predicted octanol–water partition coefficient (Wildman–Crippen LogP) is 4.22. The van der Waals surface area contributed by atoms with Crippen LogP contribution in [0.5, 0.6) is 0 Å². The van der Waals surface area contributed by atoms with Crippen molar-refractivity contribution >= 4 is 5.78 Å². The Kier molecular flexibility index (Phi) is 3.43. The molecule has 2 aromatic carbocycles. The van der Waals surface area contributed by atoms with Gasteiger partial charge in [0.1, 0.15) is 0 Å². The molecule has 0 spiro atoms. The molecular formula is C19H20O. The largest absolute Gasteiger partial charge is 0.294 e. The number of aryl methyl sites for hydroxylation is 3. The van der Waals surface area contributed by atoms with Gasteiger partial charge in [-0.25, -0.2) is 0 Å². The third-order valence-corrected chi connectivity index (χ3v) is 4.43. The van der Waals surface area contributed by atoms with Gasteiger partial charge in [-0.2, -0.15) is 0 Å². The summed E-state index contributed by atoms with van der Waals surface area (Å²) in [6, 6.07) is 12.5. The number of rotatable bonds is 3. The van der Waals surface area contributed by atoms with Crippen molar-refractivity contribution in [2.75, 3.05) is 0 Å². The van der Waals surface area contributed by atoms with Gasteiger partial charge in [-0.1, -0.05) is 36.4 Å². The second-order valence-corrected chi connectivity index (χ2v) is 5.80. The molecule has 0 saturated carbocycles. The van der Waals surface area contributed by atoms with Crippen LogP contribution in [-0.2, 0) is 19.3 Å². The fourth-order valence-corrected chi connectivity index (χ4v) is 3.07. The first-order chi connectivity index (χ1) is 9.65. The SMILES string of the molecule is Cc1cccc(C(=O)Cc2ccc3c(c2)CCC3)c1C. The van der Waals surface area contributed by atoms with E-state index in [1.165, 1.54) is 36.0 Å². The van der Waals surface area contributed by atoms with E-state index in [0.29, 0.717) is 6.42 Å². The quantitative estimate of drug-likeness (QED) is 0.759. The molecule has 0 atom stereocenters. The molecule has 0 aromatic heterocycles. The number of carbonyl (C=O) groups excluding carboxylic acids is 1. The van der Waals surface area contributed by atoms with E-state index in [4.69, 9.17) is 0 Å². The van der Waals surface area contributed by atoms with E-state index in [0.717, 1.165) is 16.7 Å². The minimum Gasteiger partial charge on any atom is -0.294 e. The van der Waals surface area contributed by atoms with Crippen molar-refractivity contribution in [2.45, 2.75) is 39.5 Å². The van der Waals surface area contributed by atoms with Crippen LogP contribution in [-0.4, -0.2) is 5.78 Å². The van der Waals surface area contributed by atoms with Crippen molar-refractivity contribution in [3.05, 3.63) is 69.8 Å². The van der Waals surface area contributed by atoms with Crippen LogP contribution in [0, 0.1) is 13.8 Å². The molecule has 1 aliphatic rings. The van der Waals surface area contributed by atoms with E-state index < -0.39 is 0 Å². The normalized spacial score (nSPS) is 13.3. The van der Waals surface area contributed by atoms with Crippen LogP contribution in [0.1, 0.15) is 44.6 Å². The summed E-state index contributed by atoms with van der Waals surface area (Å²) in [7, 11) is 0. The molecule has 102 valence electrons. The summed E-state index contributed by atoms with van der Waals surface area (Å²) in [5.74, 6) is 0.226. The van der Waals surface area contributed by atoms with Gasteiger partial charge in [-0.15, -0.1) is 0 Å². The van der Waals surface area contributed by atoms with Crippen LogP contribution in [0.15, 0.2) is 36.4 Å². The molecule has 0 radical (unpaired) electrons. The van der Waals surface area contributed by atoms with Gasteiger partial charge in [0.15, 0.2) is 5.78 Å². The molecule has 3 rings (SSSR count). The van der Waals surface area contributed by atoms with Gasteiger partial charge in [0.25, 0.3) is 0 Å². The summed E-state index contributed by atoms with van der Waals surface area (Å²) in [4.78, 5) is 12.5. The smallest absolute Gasteiger partial charge is 0.167 e.